The Labute approximate surface area is 181 Å². The second-order valence-electron chi connectivity index (χ2n) is 8.09. The molecule has 0 unspecified atom stereocenters. The average molecular weight is 427 g/mol. The number of para-hydroxylation sites is 1. The van der Waals surface area contributed by atoms with Crippen LogP contribution in [0.5, 0.6) is 0 Å². The molecule has 0 spiro atoms. The third-order valence-electron chi connectivity index (χ3n) is 5.87. The van der Waals surface area contributed by atoms with Crippen molar-refractivity contribution in [3.8, 4) is 0 Å². The Morgan fingerprint density at radius 1 is 1.16 bits per heavy atom. The lowest BCUT2D eigenvalue weighted by atomic mass is 9.93. The smallest absolute Gasteiger partial charge is 0.288 e. The quantitative estimate of drug-likeness (QED) is 0.682. The van der Waals surface area contributed by atoms with Crippen LogP contribution in [0, 0.1) is 0 Å². The molecular weight excluding hydrogens is 398 g/mol. The summed E-state index contributed by atoms with van der Waals surface area (Å²) < 4.78 is 17.5. The van der Waals surface area contributed by atoms with Gasteiger partial charge in [-0.15, -0.1) is 0 Å². The van der Waals surface area contributed by atoms with Gasteiger partial charge in [0, 0.05) is 37.6 Å². The van der Waals surface area contributed by atoms with Crippen LogP contribution in [0.1, 0.15) is 50.0 Å². The zero-order chi connectivity index (χ0) is 21.6. The Kier molecular flexibility index (Phi) is 7.04. The summed E-state index contributed by atoms with van der Waals surface area (Å²) in [6, 6.07) is 7.14. The van der Waals surface area contributed by atoms with E-state index in [0.29, 0.717) is 55.5 Å². The standard InChI is InChI=1S/C24H29NO6/c26-12-6-7-13-29-22-15-17(14-21(31-22)24(28)25-10-4-1-5-11-25)19-16-30-20-9-3-2-8-18(20)23(19)27/h2-3,8-9,14,16-17,22,26H,1,4-7,10-13,15H2/t17-,22+/m1/s1. The van der Waals surface area contributed by atoms with E-state index >= 15 is 0 Å². The lowest BCUT2D eigenvalue weighted by Crippen LogP contribution is -2.39. The molecule has 1 aromatic heterocycles. The molecule has 1 N–H and O–H groups in total. The molecule has 31 heavy (non-hydrogen) atoms. The Hall–Kier alpha value is -2.64. The van der Waals surface area contributed by atoms with Gasteiger partial charge in [-0.1, -0.05) is 12.1 Å². The summed E-state index contributed by atoms with van der Waals surface area (Å²) in [4.78, 5) is 28.0. The lowest BCUT2D eigenvalue weighted by Gasteiger charge is -2.32. The molecule has 2 atom stereocenters. The summed E-state index contributed by atoms with van der Waals surface area (Å²) in [6.45, 7) is 1.94. The van der Waals surface area contributed by atoms with E-state index in [1.807, 2.05) is 11.0 Å². The number of fused-ring (bicyclic) bond motifs is 1. The van der Waals surface area contributed by atoms with Crippen molar-refractivity contribution in [1.29, 1.82) is 0 Å². The number of carbonyl (C=O) groups excluding carboxylic acids is 1. The summed E-state index contributed by atoms with van der Waals surface area (Å²) in [6.07, 6.45) is 7.44. The molecule has 166 valence electrons. The van der Waals surface area contributed by atoms with Gasteiger partial charge in [0.15, 0.2) is 11.2 Å². The fraction of sp³-hybridized carbons (Fsp3) is 0.500. The molecule has 1 aromatic carbocycles. The molecular formula is C24H29NO6. The number of hydrogen-bond donors (Lipinski definition) is 1. The molecule has 1 amide bonds. The number of likely N-dealkylation sites (tertiary alicyclic amines) is 1. The van der Waals surface area contributed by atoms with E-state index in [1.54, 1.807) is 24.3 Å². The van der Waals surface area contributed by atoms with Crippen LogP contribution in [-0.2, 0) is 14.3 Å². The zero-order valence-electron chi connectivity index (χ0n) is 17.6. The molecule has 0 saturated carbocycles. The van der Waals surface area contributed by atoms with Crippen LogP contribution >= 0.6 is 0 Å². The minimum absolute atomic E-state index is 0.103. The Bertz CT molecular complexity index is 991. The van der Waals surface area contributed by atoms with E-state index in [1.165, 1.54) is 6.26 Å². The van der Waals surface area contributed by atoms with Gasteiger partial charge in [0.2, 0.25) is 6.29 Å². The number of rotatable bonds is 7. The highest BCUT2D eigenvalue weighted by molar-refractivity contribution is 5.92. The van der Waals surface area contributed by atoms with Crippen molar-refractivity contribution < 1.29 is 23.8 Å². The molecule has 0 aliphatic carbocycles. The molecule has 1 fully saturated rings. The van der Waals surface area contributed by atoms with Crippen LogP contribution in [0.15, 0.2) is 51.6 Å². The first kappa shape index (κ1) is 21.6. The molecule has 2 aliphatic heterocycles. The molecule has 2 aromatic rings. The average Bonchev–Trinajstić information content (AvgIpc) is 2.82. The minimum atomic E-state index is -0.636. The van der Waals surface area contributed by atoms with Gasteiger partial charge in [0.25, 0.3) is 5.91 Å². The maximum absolute atomic E-state index is 13.1. The molecule has 7 heteroatoms. The number of amides is 1. The van der Waals surface area contributed by atoms with Crippen molar-refractivity contribution >= 4 is 16.9 Å². The number of ether oxygens (including phenoxy) is 2. The predicted octanol–water partition coefficient (Wildman–Crippen LogP) is 3.31. The van der Waals surface area contributed by atoms with Gasteiger partial charge < -0.3 is 23.9 Å². The first-order valence-electron chi connectivity index (χ1n) is 11.1. The summed E-state index contributed by atoms with van der Waals surface area (Å²) in [5, 5.41) is 9.50. The van der Waals surface area contributed by atoms with Crippen molar-refractivity contribution in [2.24, 2.45) is 0 Å². The molecule has 0 radical (unpaired) electrons. The Morgan fingerprint density at radius 3 is 2.77 bits per heavy atom. The van der Waals surface area contributed by atoms with E-state index in [-0.39, 0.29) is 29.6 Å². The molecule has 4 rings (SSSR count). The number of piperidine rings is 1. The molecule has 0 bridgehead atoms. The highest BCUT2D eigenvalue weighted by Crippen LogP contribution is 2.32. The second-order valence-corrected chi connectivity index (χ2v) is 8.09. The first-order chi connectivity index (χ1) is 15.2. The van der Waals surface area contributed by atoms with Gasteiger partial charge in [0.05, 0.1) is 18.3 Å². The highest BCUT2D eigenvalue weighted by Gasteiger charge is 2.32. The summed E-state index contributed by atoms with van der Waals surface area (Å²) >= 11 is 0. The largest absolute Gasteiger partial charge is 0.464 e. The normalized spacial score (nSPS) is 21.6. The highest BCUT2D eigenvalue weighted by atomic mass is 16.7. The number of nitrogens with zero attached hydrogens (tertiary/aromatic N) is 1. The third-order valence-corrected chi connectivity index (χ3v) is 5.87. The van der Waals surface area contributed by atoms with Crippen LogP contribution in [-0.4, -0.2) is 48.5 Å². The summed E-state index contributed by atoms with van der Waals surface area (Å²) in [5.41, 5.74) is 0.928. The molecule has 7 nitrogen and oxygen atoms in total. The zero-order valence-corrected chi connectivity index (χ0v) is 17.6. The number of aliphatic hydroxyl groups excluding tert-OH is 1. The lowest BCUT2D eigenvalue weighted by molar-refractivity contribution is -0.153. The van der Waals surface area contributed by atoms with Crippen molar-refractivity contribution in [3.05, 3.63) is 58.2 Å². The minimum Gasteiger partial charge on any atom is -0.464 e. The summed E-state index contributed by atoms with van der Waals surface area (Å²) in [7, 11) is 0. The monoisotopic (exact) mass is 427 g/mol. The second kappa shape index (κ2) is 10.1. The van der Waals surface area contributed by atoms with Gasteiger partial charge in [-0.25, -0.2) is 0 Å². The topological polar surface area (TPSA) is 89.2 Å². The first-order valence-corrected chi connectivity index (χ1v) is 11.1. The van der Waals surface area contributed by atoms with Crippen molar-refractivity contribution in [1.82, 2.24) is 4.90 Å². The van der Waals surface area contributed by atoms with Crippen LogP contribution in [0.3, 0.4) is 0 Å². The third kappa shape index (κ3) is 4.99. The van der Waals surface area contributed by atoms with Gasteiger partial charge in [-0.05, 0) is 50.3 Å². The van der Waals surface area contributed by atoms with E-state index in [0.717, 1.165) is 19.3 Å². The van der Waals surface area contributed by atoms with E-state index in [9.17, 15) is 9.59 Å². The molecule has 3 heterocycles. The van der Waals surface area contributed by atoms with Gasteiger partial charge in [0.1, 0.15) is 5.58 Å². The fourth-order valence-corrected chi connectivity index (χ4v) is 4.16. The maximum atomic E-state index is 13.1. The van der Waals surface area contributed by atoms with Gasteiger partial charge >= 0.3 is 0 Å². The van der Waals surface area contributed by atoms with Crippen LogP contribution in [0.4, 0.5) is 0 Å². The Balaban J connectivity index is 1.61. The van der Waals surface area contributed by atoms with Gasteiger partial charge in [-0.3, -0.25) is 9.59 Å². The van der Waals surface area contributed by atoms with Crippen LogP contribution in [0.25, 0.3) is 11.0 Å². The number of aliphatic hydroxyl groups is 1. The maximum Gasteiger partial charge on any atom is 0.288 e. The summed E-state index contributed by atoms with van der Waals surface area (Å²) in [5.74, 6) is -0.266. The van der Waals surface area contributed by atoms with E-state index < -0.39 is 6.29 Å². The number of unbranched alkanes of at least 4 members (excludes halogenated alkanes) is 1. The molecule has 2 aliphatic rings. The number of hydrogen-bond acceptors (Lipinski definition) is 6. The number of carbonyl (C=O) groups is 1. The van der Waals surface area contributed by atoms with Gasteiger partial charge in [-0.2, -0.15) is 0 Å². The number of benzene rings is 1. The fourth-order valence-electron chi connectivity index (χ4n) is 4.16. The van der Waals surface area contributed by atoms with Crippen molar-refractivity contribution in [3.63, 3.8) is 0 Å². The van der Waals surface area contributed by atoms with E-state index in [2.05, 4.69) is 0 Å². The van der Waals surface area contributed by atoms with Crippen LogP contribution < -0.4 is 5.43 Å². The number of allylic oxidation sites excluding steroid dienone is 1. The van der Waals surface area contributed by atoms with E-state index in [4.69, 9.17) is 19.0 Å². The van der Waals surface area contributed by atoms with Crippen molar-refractivity contribution in [2.45, 2.75) is 50.7 Å². The Morgan fingerprint density at radius 2 is 1.97 bits per heavy atom. The molecule has 1 saturated heterocycles. The van der Waals surface area contributed by atoms with Crippen molar-refractivity contribution in [2.75, 3.05) is 26.3 Å². The predicted molar refractivity (Wildman–Crippen MR) is 116 cm³/mol. The SMILES string of the molecule is O=C(C1=C[C@@H](c2coc3ccccc3c2=O)C[C@@H](OCCCCO)O1)N1CCCCC1. The van der Waals surface area contributed by atoms with Crippen LogP contribution in [0.2, 0.25) is 0 Å².